The number of nitrogens with zero attached hydrogens (tertiary/aromatic N) is 3. The Hall–Kier alpha value is -3.14. The maximum absolute atomic E-state index is 14.1. The van der Waals surface area contributed by atoms with Crippen molar-refractivity contribution in [3.63, 3.8) is 0 Å². The monoisotopic (exact) mass is 531 g/mol. The number of piperazine rings is 1. The van der Waals surface area contributed by atoms with E-state index < -0.39 is 10.0 Å². The van der Waals surface area contributed by atoms with E-state index >= 15 is 0 Å². The number of ether oxygens (including phenoxy) is 1. The van der Waals surface area contributed by atoms with Crippen molar-refractivity contribution in [2.45, 2.75) is 11.4 Å². The number of para-hydroxylation sites is 1. The second-order valence-electron chi connectivity index (χ2n) is 8.47. The number of carbonyl (C=O) groups is 1. The van der Waals surface area contributed by atoms with Crippen LogP contribution in [0.4, 0.5) is 10.1 Å². The van der Waals surface area contributed by atoms with Crippen molar-refractivity contribution < 1.29 is 22.3 Å². The van der Waals surface area contributed by atoms with E-state index in [1.807, 2.05) is 4.90 Å². The number of halogens is 2. The van der Waals surface area contributed by atoms with Gasteiger partial charge in [-0.05, 0) is 54.6 Å². The molecule has 1 aliphatic heterocycles. The van der Waals surface area contributed by atoms with Gasteiger partial charge in [-0.3, -0.25) is 4.79 Å². The molecule has 1 aliphatic rings. The second-order valence-corrected chi connectivity index (χ2v) is 11.0. The Labute approximate surface area is 215 Å². The summed E-state index contributed by atoms with van der Waals surface area (Å²) in [6, 6.07) is 17.5. The van der Waals surface area contributed by atoms with Crippen molar-refractivity contribution in [3.05, 3.63) is 88.7 Å². The third-order valence-corrected chi connectivity index (χ3v) is 8.27. The molecule has 190 valence electrons. The van der Waals surface area contributed by atoms with E-state index in [4.69, 9.17) is 16.3 Å². The summed E-state index contributed by atoms with van der Waals surface area (Å²) in [5, 5.41) is 0.444. The number of methoxy groups -OCH3 is 1. The summed E-state index contributed by atoms with van der Waals surface area (Å²) in [5.74, 6) is 0.0270. The molecule has 1 amide bonds. The van der Waals surface area contributed by atoms with Gasteiger partial charge in [-0.1, -0.05) is 23.7 Å². The lowest BCUT2D eigenvalue weighted by atomic mass is 10.1. The number of amides is 1. The second kappa shape index (κ2) is 10.9. The molecule has 10 heteroatoms. The molecule has 0 radical (unpaired) electrons. The van der Waals surface area contributed by atoms with Crippen molar-refractivity contribution in [2.24, 2.45) is 0 Å². The SMILES string of the molecule is COc1ccc(C(=O)N2CCN(c3ccccc3F)CC2)cc1CN(C)S(=O)(=O)c1ccc(Cl)cc1. The fraction of sp³-hybridized carbons (Fsp3) is 0.269. The van der Waals surface area contributed by atoms with Gasteiger partial charge in [0.15, 0.2) is 0 Å². The summed E-state index contributed by atoms with van der Waals surface area (Å²) in [7, 11) is -0.813. The van der Waals surface area contributed by atoms with Crippen LogP contribution >= 0.6 is 11.6 Å². The summed E-state index contributed by atoms with van der Waals surface area (Å²) in [6.45, 7) is 1.92. The van der Waals surface area contributed by atoms with Crippen molar-refractivity contribution in [3.8, 4) is 5.75 Å². The molecular weight excluding hydrogens is 505 g/mol. The first-order valence-electron chi connectivity index (χ1n) is 11.4. The Kier molecular flexibility index (Phi) is 7.82. The zero-order chi connectivity index (χ0) is 25.9. The molecule has 0 N–H and O–H groups in total. The van der Waals surface area contributed by atoms with Crippen molar-refractivity contribution in [1.29, 1.82) is 0 Å². The van der Waals surface area contributed by atoms with Crippen LogP contribution in [-0.2, 0) is 16.6 Å². The number of rotatable bonds is 7. The number of hydrogen-bond donors (Lipinski definition) is 0. The van der Waals surface area contributed by atoms with Crippen LogP contribution in [0, 0.1) is 5.82 Å². The van der Waals surface area contributed by atoms with E-state index in [0.717, 1.165) is 0 Å². The van der Waals surface area contributed by atoms with Gasteiger partial charge in [-0.2, -0.15) is 4.31 Å². The number of carbonyl (C=O) groups excluding carboxylic acids is 1. The van der Waals surface area contributed by atoms with E-state index in [-0.39, 0.29) is 23.2 Å². The largest absolute Gasteiger partial charge is 0.496 e. The lowest BCUT2D eigenvalue weighted by Gasteiger charge is -2.36. The summed E-state index contributed by atoms with van der Waals surface area (Å²) >= 11 is 5.89. The first-order valence-corrected chi connectivity index (χ1v) is 13.2. The van der Waals surface area contributed by atoms with Crippen molar-refractivity contribution >= 4 is 33.2 Å². The Morgan fingerprint density at radius 1 is 1.03 bits per heavy atom. The highest BCUT2D eigenvalue weighted by Crippen LogP contribution is 2.26. The Bertz CT molecular complexity index is 1340. The molecule has 0 aliphatic carbocycles. The van der Waals surface area contributed by atoms with E-state index in [1.165, 1.54) is 48.8 Å². The molecule has 1 saturated heterocycles. The molecule has 36 heavy (non-hydrogen) atoms. The normalized spacial score (nSPS) is 14.2. The Morgan fingerprint density at radius 3 is 2.33 bits per heavy atom. The first-order chi connectivity index (χ1) is 17.2. The maximum atomic E-state index is 14.1. The zero-order valence-corrected chi connectivity index (χ0v) is 21.6. The van der Waals surface area contributed by atoms with Gasteiger partial charge < -0.3 is 14.5 Å². The molecule has 1 fully saturated rings. The Morgan fingerprint density at radius 2 is 1.69 bits per heavy atom. The van der Waals surface area contributed by atoms with E-state index in [1.54, 1.807) is 41.3 Å². The lowest BCUT2D eigenvalue weighted by molar-refractivity contribution is 0.0746. The van der Waals surface area contributed by atoms with Crippen LogP contribution < -0.4 is 9.64 Å². The minimum atomic E-state index is -3.78. The van der Waals surface area contributed by atoms with Crippen LogP contribution in [0.25, 0.3) is 0 Å². The van der Waals surface area contributed by atoms with Gasteiger partial charge in [0.2, 0.25) is 10.0 Å². The molecule has 1 heterocycles. The molecule has 0 atom stereocenters. The number of anilines is 1. The molecule has 0 bridgehead atoms. The van der Waals surface area contributed by atoms with Gasteiger partial charge in [0, 0.05) is 55.9 Å². The van der Waals surface area contributed by atoms with Gasteiger partial charge in [-0.15, -0.1) is 0 Å². The van der Waals surface area contributed by atoms with Crippen LogP contribution in [0.5, 0.6) is 5.75 Å². The molecule has 0 spiro atoms. The van der Waals surface area contributed by atoms with Gasteiger partial charge in [0.1, 0.15) is 11.6 Å². The lowest BCUT2D eigenvalue weighted by Crippen LogP contribution is -2.49. The molecule has 0 saturated carbocycles. The quantitative estimate of drug-likeness (QED) is 0.455. The minimum Gasteiger partial charge on any atom is -0.496 e. The predicted molar refractivity (Wildman–Crippen MR) is 138 cm³/mol. The summed E-state index contributed by atoms with van der Waals surface area (Å²) in [5.41, 5.74) is 1.53. The Balaban J connectivity index is 1.49. The maximum Gasteiger partial charge on any atom is 0.253 e. The topological polar surface area (TPSA) is 70.2 Å². The predicted octanol–water partition coefficient (Wildman–Crippen LogP) is 4.27. The molecule has 3 aromatic carbocycles. The van der Waals surface area contributed by atoms with Crippen LogP contribution in [0.3, 0.4) is 0 Å². The smallest absolute Gasteiger partial charge is 0.253 e. The minimum absolute atomic E-state index is 0.0102. The highest BCUT2D eigenvalue weighted by atomic mass is 35.5. The molecule has 7 nitrogen and oxygen atoms in total. The fourth-order valence-electron chi connectivity index (χ4n) is 4.19. The average molecular weight is 532 g/mol. The summed E-state index contributed by atoms with van der Waals surface area (Å²) in [4.78, 5) is 17.0. The molecule has 3 aromatic rings. The third-order valence-electron chi connectivity index (χ3n) is 6.20. The summed E-state index contributed by atoms with van der Waals surface area (Å²) < 4.78 is 46.8. The van der Waals surface area contributed by atoms with E-state index in [2.05, 4.69) is 0 Å². The van der Waals surface area contributed by atoms with Gasteiger partial charge in [0.05, 0.1) is 17.7 Å². The van der Waals surface area contributed by atoms with Gasteiger partial charge >= 0.3 is 0 Å². The zero-order valence-electron chi connectivity index (χ0n) is 20.0. The third kappa shape index (κ3) is 5.48. The van der Waals surface area contributed by atoms with Crippen LogP contribution in [0.2, 0.25) is 5.02 Å². The first kappa shape index (κ1) is 25.9. The molecular formula is C26H27ClFN3O4S. The van der Waals surface area contributed by atoms with Crippen LogP contribution in [-0.4, -0.2) is 63.9 Å². The molecule has 4 rings (SSSR count). The van der Waals surface area contributed by atoms with Crippen molar-refractivity contribution in [2.75, 3.05) is 45.2 Å². The highest BCUT2D eigenvalue weighted by molar-refractivity contribution is 7.89. The van der Waals surface area contributed by atoms with E-state index in [0.29, 0.717) is 53.8 Å². The van der Waals surface area contributed by atoms with Crippen LogP contribution in [0.1, 0.15) is 15.9 Å². The summed E-state index contributed by atoms with van der Waals surface area (Å²) in [6.07, 6.45) is 0. The highest BCUT2D eigenvalue weighted by Gasteiger charge is 2.26. The van der Waals surface area contributed by atoms with Crippen molar-refractivity contribution in [1.82, 2.24) is 9.21 Å². The average Bonchev–Trinajstić information content (AvgIpc) is 2.89. The molecule has 0 unspecified atom stereocenters. The van der Waals surface area contributed by atoms with Gasteiger partial charge in [0.25, 0.3) is 5.91 Å². The van der Waals surface area contributed by atoms with E-state index in [9.17, 15) is 17.6 Å². The number of sulfonamides is 1. The van der Waals surface area contributed by atoms with Crippen LogP contribution in [0.15, 0.2) is 71.6 Å². The fourth-order valence-corrected chi connectivity index (χ4v) is 5.46. The molecule has 0 aromatic heterocycles. The van der Waals surface area contributed by atoms with Gasteiger partial charge in [-0.25, -0.2) is 12.8 Å². The number of benzene rings is 3. The number of hydrogen-bond acceptors (Lipinski definition) is 5. The standard InChI is InChI=1S/C26H27ClFN3O4S/c1-29(36(33,34)22-10-8-21(27)9-11-22)18-20-17-19(7-12-25(20)35-2)26(32)31-15-13-30(14-16-31)24-6-4-3-5-23(24)28/h3-12,17H,13-16,18H2,1-2H3.